The summed E-state index contributed by atoms with van der Waals surface area (Å²) in [5.74, 6) is 1.79. The molecule has 0 aliphatic heterocycles. The second-order valence-electron chi connectivity index (χ2n) is 4.36. The van der Waals surface area contributed by atoms with Crippen molar-refractivity contribution in [1.82, 2.24) is 4.98 Å². The summed E-state index contributed by atoms with van der Waals surface area (Å²) in [6.07, 6.45) is 7.47. The summed E-state index contributed by atoms with van der Waals surface area (Å²) in [7, 11) is 0. The molecule has 14 heavy (non-hydrogen) atoms. The predicted octanol–water partition coefficient (Wildman–Crippen LogP) is 3.38. The lowest BCUT2D eigenvalue weighted by molar-refractivity contribution is 0.293. The molecule has 2 rings (SSSR count). The van der Waals surface area contributed by atoms with Gasteiger partial charge in [-0.1, -0.05) is 19.8 Å². The molecule has 0 bridgehead atoms. The van der Waals surface area contributed by atoms with Gasteiger partial charge < -0.3 is 5.32 Å². The molecule has 1 N–H and O–H groups in total. The first-order valence-electron chi connectivity index (χ1n) is 5.48. The number of nitrogens with one attached hydrogen (secondary N) is 1. The van der Waals surface area contributed by atoms with E-state index >= 15 is 0 Å². The molecule has 0 aromatic carbocycles. The molecular formula is C11H18N2S. The van der Waals surface area contributed by atoms with Crippen LogP contribution in [0.1, 0.15) is 32.6 Å². The second kappa shape index (κ2) is 4.78. The van der Waals surface area contributed by atoms with Crippen LogP contribution in [-0.2, 0) is 0 Å². The van der Waals surface area contributed by atoms with Gasteiger partial charge in [0.15, 0.2) is 5.13 Å². The molecule has 3 heteroatoms. The topological polar surface area (TPSA) is 24.9 Å². The Morgan fingerprint density at radius 1 is 1.57 bits per heavy atom. The molecule has 1 aromatic rings. The monoisotopic (exact) mass is 210 g/mol. The van der Waals surface area contributed by atoms with Crippen LogP contribution in [0.5, 0.6) is 0 Å². The van der Waals surface area contributed by atoms with E-state index in [0.717, 1.165) is 23.5 Å². The van der Waals surface area contributed by atoms with Crippen LogP contribution in [0.15, 0.2) is 11.6 Å². The molecule has 1 aliphatic rings. The number of thiazole rings is 1. The van der Waals surface area contributed by atoms with Crippen molar-refractivity contribution >= 4 is 16.5 Å². The fourth-order valence-corrected chi connectivity index (χ4v) is 2.83. The maximum Gasteiger partial charge on any atom is 0.182 e. The molecule has 78 valence electrons. The first-order chi connectivity index (χ1) is 6.84. The predicted molar refractivity (Wildman–Crippen MR) is 61.7 cm³/mol. The maximum atomic E-state index is 4.23. The fraction of sp³-hybridized carbons (Fsp3) is 0.727. The van der Waals surface area contributed by atoms with E-state index in [2.05, 4.69) is 17.2 Å². The third kappa shape index (κ3) is 2.71. The highest BCUT2D eigenvalue weighted by atomic mass is 32.1. The first kappa shape index (κ1) is 9.97. The van der Waals surface area contributed by atoms with Gasteiger partial charge in [-0.15, -0.1) is 11.3 Å². The van der Waals surface area contributed by atoms with Crippen LogP contribution in [0.2, 0.25) is 0 Å². The molecule has 0 radical (unpaired) electrons. The number of nitrogens with zero attached hydrogens (tertiary/aromatic N) is 1. The summed E-state index contributed by atoms with van der Waals surface area (Å²) in [4.78, 5) is 4.23. The van der Waals surface area contributed by atoms with E-state index in [1.807, 2.05) is 11.6 Å². The normalized spacial score (nSPS) is 27.5. The van der Waals surface area contributed by atoms with Crippen LogP contribution in [0.25, 0.3) is 0 Å². The highest BCUT2D eigenvalue weighted by Crippen LogP contribution is 2.28. The number of anilines is 1. The zero-order valence-electron chi connectivity index (χ0n) is 8.70. The molecule has 1 heterocycles. The van der Waals surface area contributed by atoms with Gasteiger partial charge >= 0.3 is 0 Å². The Morgan fingerprint density at radius 2 is 2.50 bits per heavy atom. The van der Waals surface area contributed by atoms with E-state index in [9.17, 15) is 0 Å². The Kier molecular flexibility index (Phi) is 3.40. The molecular weight excluding hydrogens is 192 g/mol. The van der Waals surface area contributed by atoms with Crippen LogP contribution in [0.3, 0.4) is 0 Å². The molecule has 2 unspecified atom stereocenters. The van der Waals surface area contributed by atoms with Gasteiger partial charge in [-0.2, -0.15) is 0 Å². The Morgan fingerprint density at radius 3 is 3.21 bits per heavy atom. The van der Waals surface area contributed by atoms with Crippen LogP contribution in [0.4, 0.5) is 5.13 Å². The number of rotatable bonds is 3. The van der Waals surface area contributed by atoms with E-state index in [-0.39, 0.29) is 0 Å². The second-order valence-corrected chi connectivity index (χ2v) is 5.25. The van der Waals surface area contributed by atoms with Crippen LogP contribution < -0.4 is 5.32 Å². The van der Waals surface area contributed by atoms with Crippen LogP contribution >= 0.6 is 11.3 Å². The summed E-state index contributed by atoms with van der Waals surface area (Å²) in [6, 6.07) is 0. The van der Waals surface area contributed by atoms with Gasteiger partial charge in [-0.3, -0.25) is 0 Å². The van der Waals surface area contributed by atoms with Gasteiger partial charge in [-0.05, 0) is 24.7 Å². The quantitative estimate of drug-likeness (QED) is 0.827. The third-order valence-corrected chi connectivity index (χ3v) is 3.75. The van der Waals surface area contributed by atoms with E-state index in [1.54, 1.807) is 11.3 Å². The van der Waals surface area contributed by atoms with Gasteiger partial charge in [0.05, 0.1) is 0 Å². The van der Waals surface area contributed by atoms with Crippen molar-refractivity contribution in [3.63, 3.8) is 0 Å². The molecule has 1 saturated carbocycles. The molecule has 2 atom stereocenters. The minimum Gasteiger partial charge on any atom is -0.361 e. The highest BCUT2D eigenvalue weighted by Gasteiger charge is 2.18. The van der Waals surface area contributed by atoms with E-state index in [0.29, 0.717) is 0 Å². The van der Waals surface area contributed by atoms with Crippen LogP contribution in [0, 0.1) is 11.8 Å². The lowest BCUT2D eigenvalue weighted by atomic mass is 9.82. The van der Waals surface area contributed by atoms with Gasteiger partial charge in [0.25, 0.3) is 0 Å². The first-order valence-corrected chi connectivity index (χ1v) is 6.36. The third-order valence-electron chi connectivity index (χ3n) is 3.02. The summed E-state index contributed by atoms with van der Waals surface area (Å²) in [6.45, 7) is 3.48. The molecule has 2 nitrogen and oxygen atoms in total. The van der Waals surface area contributed by atoms with Gasteiger partial charge in [0.2, 0.25) is 0 Å². The Balaban J connectivity index is 1.75. The van der Waals surface area contributed by atoms with E-state index < -0.39 is 0 Å². The fourth-order valence-electron chi connectivity index (χ4n) is 2.29. The largest absolute Gasteiger partial charge is 0.361 e. The molecule has 1 aliphatic carbocycles. The average Bonchev–Trinajstić information content (AvgIpc) is 2.67. The van der Waals surface area contributed by atoms with Gasteiger partial charge in [0, 0.05) is 18.1 Å². The van der Waals surface area contributed by atoms with Crippen molar-refractivity contribution in [2.75, 3.05) is 11.9 Å². The summed E-state index contributed by atoms with van der Waals surface area (Å²) < 4.78 is 0. The standard InChI is InChI=1S/C11H18N2S/c1-9-3-2-4-10(7-9)8-13-11-12-5-6-14-11/h5-6,9-10H,2-4,7-8H2,1H3,(H,12,13). The van der Waals surface area contributed by atoms with Gasteiger partial charge in [0.1, 0.15) is 0 Å². The average molecular weight is 210 g/mol. The Bertz CT molecular complexity index is 258. The van der Waals surface area contributed by atoms with Crippen molar-refractivity contribution in [1.29, 1.82) is 0 Å². The van der Waals surface area contributed by atoms with E-state index in [4.69, 9.17) is 0 Å². The smallest absolute Gasteiger partial charge is 0.182 e. The van der Waals surface area contributed by atoms with Crippen LogP contribution in [-0.4, -0.2) is 11.5 Å². The summed E-state index contributed by atoms with van der Waals surface area (Å²) in [5, 5.41) is 6.51. The summed E-state index contributed by atoms with van der Waals surface area (Å²) >= 11 is 1.69. The Hall–Kier alpha value is -0.570. The van der Waals surface area contributed by atoms with Crippen molar-refractivity contribution < 1.29 is 0 Å². The number of hydrogen-bond donors (Lipinski definition) is 1. The maximum absolute atomic E-state index is 4.23. The molecule has 0 spiro atoms. The lowest BCUT2D eigenvalue weighted by Gasteiger charge is -2.26. The Labute approximate surface area is 89.8 Å². The van der Waals surface area contributed by atoms with Crippen molar-refractivity contribution in [2.24, 2.45) is 11.8 Å². The van der Waals surface area contributed by atoms with Gasteiger partial charge in [-0.25, -0.2) is 4.98 Å². The zero-order valence-corrected chi connectivity index (χ0v) is 9.52. The van der Waals surface area contributed by atoms with Crippen molar-refractivity contribution in [3.05, 3.63) is 11.6 Å². The SMILES string of the molecule is CC1CCCC(CNc2nccs2)C1. The minimum absolute atomic E-state index is 0.864. The minimum atomic E-state index is 0.864. The number of aromatic nitrogens is 1. The molecule has 1 aromatic heterocycles. The lowest BCUT2D eigenvalue weighted by Crippen LogP contribution is -2.20. The molecule has 0 amide bonds. The van der Waals surface area contributed by atoms with Crippen molar-refractivity contribution in [3.8, 4) is 0 Å². The highest BCUT2D eigenvalue weighted by molar-refractivity contribution is 7.13. The molecule has 1 fully saturated rings. The zero-order chi connectivity index (χ0) is 9.80. The van der Waals surface area contributed by atoms with Crippen molar-refractivity contribution in [2.45, 2.75) is 32.6 Å². The number of hydrogen-bond acceptors (Lipinski definition) is 3. The molecule has 0 saturated heterocycles. The summed E-state index contributed by atoms with van der Waals surface area (Å²) in [5.41, 5.74) is 0. The van der Waals surface area contributed by atoms with E-state index in [1.165, 1.54) is 25.7 Å².